The van der Waals surface area contributed by atoms with Crippen molar-refractivity contribution in [3.63, 3.8) is 0 Å². The van der Waals surface area contributed by atoms with Crippen molar-refractivity contribution in [2.45, 2.75) is 32.6 Å². The van der Waals surface area contributed by atoms with Gasteiger partial charge in [-0.15, -0.1) is 0 Å². The Balaban J connectivity index is 1.78. The number of hydrogen-bond donors (Lipinski definition) is 2. The molecule has 0 radical (unpaired) electrons. The molecular weight excluding hydrogens is 447 g/mol. The van der Waals surface area contributed by atoms with E-state index in [-0.39, 0.29) is 12.5 Å². The summed E-state index contributed by atoms with van der Waals surface area (Å²) in [7, 11) is 0. The normalized spacial score (nSPS) is 14.5. The highest BCUT2D eigenvalue weighted by Crippen LogP contribution is 2.33. The zero-order valence-corrected chi connectivity index (χ0v) is 19.5. The van der Waals surface area contributed by atoms with Crippen LogP contribution in [0, 0.1) is 6.92 Å². The van der Waals surface area contributed by atoms with Gasteiger partial charge in [0.15, 0.2) is 5.69 Å². The second kappa shape index (κ2) is 10.0. The second-order valence-corrected chi connectivity index (χ2v) is 8.83. The van der Waals surface area contributed by atoms with Crippen LogP contribution in [0.2, 0.25) is 10.0 Å². The van der Waals surface area contributed by atoms with Gasteiger partial charge in [-0.25, -0.2) is 9.69 Å². The molecule has 2 aromatic carbocycles. The van der Waals surface area contributed by atoms with Gasteiger partial charge in [0.05, 0.1) is 16.4 Å². The Morgan fingerprint density at radius 1 is 1.09 bits per heavy atom. The fourth-order valence-corrected chi connectivity index (χ4v) is 4.53. The Bertz CT molecular complexity index is 1110. The zero-order valence-electron chi connectivity index (χ0n) is 17.9. The van der Waals surface area contributed by atoms with Gasteiger partial charge >= 0.3 is 0 Å². The summed E-state index contributed by atoms with van der Waals surface area (Å²) in [5.41, 5.74) is 7.49. The maximum Gasteiger partial charge on any atom is 0.286 e. The number of aromatic nitrogens is 2. The molecule has 0 aliphatic carbocycles. The maximum atomic E-state index is 13.1. The number of carbonyl (C=O) groups is 1. The van der Waals surface area contributed by atoms with Crippen LogP contribution in [0.5, 0.6) is 0 Å². The molecule has 32 heavy (non-hydrogen) atoms. The standard InChI is InChI=1S/C24H26Cl2N4O2/c1-16-22(24(32)28-29-12-3-2-4-13-29)27-30(21-10-9-19(25)15-20(21)26)23(16)18-7-5-17(6-8-18)11-14-31/h5-10,15,31H,2-4,11-14H2,1H3,(H,28,32). The van der Waals surface area contributed by atoms with Crippen LogP contribution >= 0.6 is 23.2 Å². The maximum absolute atomic E-state index is 13.1. The lowest BCUT2D eigenvalue weighted by Gasteiger charge is -2.26. The van der Waals surface area contributed by atoms with Crippen molar-refractivity contribution in [3.05, 3.63) is 69.3 Å². The molecule has 0 spiro atoms. The van der Waals surface area contributed by atoms with E-state index in [4.69, 9.17) is 23.2 Å². The highest BCUT2D eigenvalue weighted by molar-refractivity contribution is 6.35. The number of aliphatic hydroxyl groups excluding tert-OH is 1. The first-order valence-corrected chi connectivity index (χ1v) is 11.5. The van der Waals surface area contributed by atoms with Crippen LogP contribution in [0.25, 0.3) is 16.9 Å². The number of aliphatic hydroxyl groups is 1. The van der Waals surface area contributed by atoms with E-state index in [1.807, 2.05) is 36.2 Å². The van der Waals surface area contributed by atoms with Crippen molar-refractivity contribution in [1.29, 1.82) is 0 Å². The number of hydrogen-bond acceptors (Lipinski definition) is 4. The molecule has 2 N–H and O–H groups in total. The molecule has 4 rings (SSSR count). The molecule has 1 fully saturated rings. The summed E-state index contributed by atoms with van der Waals surface area (Å²) in [5.74, 6) is -0.230. The van der Waals surface area contributed by atoms with E-state index in [1.54, 1.807) is 22.9 Å². The molecule has 1 amide bonds. The minimum absolute atomic E-state index is 0.0948. The molecule has 0 saturated carbocycles. The molecule has 6 nitrogen and oxygen atoms in total. The van der Waals surface area contributed by atoms with Crippen molar-refractivity contribution in [3.8, 4) is 16.9 Å². The topological polar surface area (TPSA) is 70.4 Å². The van der Waals surface area contributed by atoms with Gasteiger partial charge < -0.3 is 5.11 Å². The van der Waals surface area contributed by atoms with E-state index in [9.17, 15) is 9.90 Å². The largest absolute Gasteiger partial charge is 0.396 e. The Morgan fingerprint density at radius 3 is 2.47 bits per heavy atom. The number of nitrogens with one attached hydrogen (secondary N) is 1. The zero-order chi connectivity index (χ0) is 22.7. The van der Waals surface area contributed by atoms with E-state index >= 15 is 0 Å². The van der Waals surface area contributed by atoms with Gasteiger partial charge in [0.2, 0.25) is 0 Å². The van der Waals surface area contributed by atoms with Gasteiger partial charge in [0, 0.05) is 35.8 Å². The summed E-state index contributed by atoms with van der Waals surface area (Å²) in [6, 6.07) is 13.1. The molecule has 2 heterocycles. The number of piperidine rings is 1. The second-order valence-electron chi connectivity index (χ2n) is 7.99. The summed E-state index contributed by atoms with van der Waals surface area (Å²) >= 11 is 12.6. The van der Waals surface area contributed by atoms with Gasteiger partial charge in [-0.1, -0.05) is 53.9 Å². The number of hydrazine groups is 1. The highest BCUT2D eigenvalue weighted by atomic mass is 35.5. The van der Waals surface area contributed by atoms with Crippen LogP contribution < -0.4 is 5.43 Å². The molecular formula is C24H26Cl2N4O2. The van der Waals surface area contributed by atoms with Gasteiger partial charge in [0.1, 0.15) is 0 Å². The molecule has 0 bridgehead atoms. The van der Waals surface area contributed by atoms with Crippen LogP contribution in [-0.4, -0.2) is 45.5 Å². The first-order valence-electron chi connectivity index (χ1n) is 10.8. The quantitative estimate of drug-likeness (QED) is 0.539. The number of halogens is 2. The molecule has 1 aliphatic rings. The van der Waals surface area contributed by atoms with Crippen LogP contribution in [0.3, 0.4) is 0 Å². The van der Waals surface area contributed by atoms with Gasteiger partial charge in [0.25, 0.3) is 5.91 Å². The average Bonchev–Trinajstić information content (AvgIpc) is 3.12. The molecule has 168 valence electrons. The number of nitrogens with zero attached hydrogens (tertiary/aromatic N) is 3. The van der Waals surface area contributed by atoms with Crippen molar-refractivity contribution >= 4 is 29.1 Å². The van der Waals surface area contributed by atoms with Gasteiger partial charge in [-0.05, 0) is 49.9 Å². The van der Waals surface area contributed by atoms with Crippen LogP contribution in [0.4, 0.5) is 0 Å². The first kappa shape index (κ1) is 22.8. The minimum Gasteiger partial charge on any atom is -0.396 e. The lowest BCUT2D eigenvalue weighted by molar-refractivity contribution is 0.0743. The van der Waals surface area contributed by atoms with E-state index in [2.05, 4.69) is 10.5 Å². The molecule has 3 aromatic rings. The number of carbonyl (C=O) groups excluding carboxylic acids is 1. The van der Waals surface area contributed by atoms with E-state index in [0.29, 0.717) is 27.8 Å². The first-order chi connectivity index (χ1) is 15.5. The SMILES string of the molecule is Cc1c(C(=O)NN2CCCCC2)nn(-c2ccc(Cl)cc2Cl)c1-c1ccc(CCO)cc1. The highest BCUT2D eigenvalue weighted by Gasteiger charge is 2.24. The summed E-state index contributed by atoms with van der Waals surface area (Å²) in [5, 5.41) is 16.8. The van der Waals surface area contributed by atoms with Crippen molar-refractivity contribution in [2.24, 2.45) is 0 Å². The Kier molecular flexibility index (Phi) is 7.16. The molecule has 1 aromatic heterocycles. The fourth-order valence-electron chi connectivity index (χ4n) is 4.04. The van der Waals surface area contributed by atoms with E-state index in [1.165, 1.54) is 6.42 Å². The summed E-state index contributed by atoms with van der Waals surface area (Å²) in [4.78, 5) is 13.1. The number of amides is 1. The predicted octanol–water partition coefficient (Wildman–Crippen LogP) is 4.82. The van der Waals surface area contributed by atoms with Crippen LogP contribution in [0.15, 0.2) is 42.5 Å². The van der Waals surface area contributed by atoms with E-state index in [0.717, 1.165) is 48.3 Å². The lowest BCUT2D eigenvalue weighted by atomic mass is 10.0. The van der Waals surface area contributed by atoms with Gasteiger partial charge in [-0.3, -0.25) is 10.2 Å². The van der Waals surface area contributed by atoms with Crippen molar-refractivity contribution in [2.75, 3.05) is 19.7 Å². The summed E-state index contributed by atoms with van der Waals surface area (Å²) < 4.78 is 1.71. The Labute approximate surface area is 197 Å². The Hall–Kier alpha value is -2.38. The molecule has 1 saturated heterocycles. The lowest BCUT2D eigenvalue weighted by Crippen LogP contribution is -2.45. The molecule has 8 heteroatoms. The predicted molar refractivity (Wildman–Crippen MR) is 127 cm³/mol. The summed E-state index contributed by atoms with van der Waals surface area (Å²) in [6.45, 7) is 3.67. The number of benzene rings is 2. The molecule has 0 atom stereocenters. The molecule has 0 unspecified atom stereocenters. The summed E-state index contributed by atoms with van der Waals surface area (Å²) in [6.07, 6.45) is 3.91. The average molecular weight is 473 g/mol. The minimum atomic E-state index is -0.230. The smallest absolute Gasteiger partial charge is 0.286 e. The van der Waals surface area contributed by atoms with Crippen molar-refractivity contribution < 1.29 is 9.90 Å². The Morgan fingerprint density at radius 2 is 1.81 bits per heavy atom. The van der Waals surface area contributed by atoms with Crippen LogP contribution in [0.1, 0.15) is 40.9 Å². The third kappa shape index (κ3) is 4.84. The third-order valence-electron chi connectivity index (χ3n) is 5.72. The van der Waals surface area contributed by atoms with Crippen molar-refractivity contribution in [1.82, 2.24) is 20.2 Å². The monoisotopic (exact) mass is 472 g/mol. The van der Waals surface area contributed by atoms with Crippen LogP contribution in [-0.2, 0) is 6.42 Å². The van der Waals surface area contributed by atoms with Gasteiger partial charge in [-0.2, -0.15) is 5.10 Å². The number of rotatable bonds is 6. The fraction of sp³-hybridized carbons (Fsp3) is 0.333. The van der Waals surface area contributed by atoms with E-state index < -0.39 is 0 Å². The third-order valence-corrected chi connectivity index (χ3v) is 6.26. The molecule has 1 aliphatic heterocycles.